The van der Waals surface area contributed by atoms with Gasteiger partial charge in [0.25, 0.3) is 0 Å². The lowest BCUT2D eigenvalue weighted by atomic mass is 10.2. The highest BCUT2D eigenvalue weighted by Gasteiger charge is 2.05. The number of nitrogens with two attached hydrogens (primary N) is 1. The Labute approximate surface area is 92.7 Å². The van der Waals surface area contributed by atoms with Crippen molar-refractivity contribution in [3.05, 3.63) is 17.8 Å². The highest BCUT2D eigenvalue weighted by molar-refractivity contribution is 7.84. The number of aryl methyl sites for hydroxylation is 1. The van der Waals surface area contributed by atoms with E-state index in [-0.39, 0.29) is 6.04 Å². The number of nitrogens with zero attached hydrogens (tertiary/aromatic N) is 1. The van der Waals surface area contributed by atoms with Crippen LogP contribution >= 0.6 is 0 Å². The largest absolute Gasteiger partial charge is 0.397 e. The van der Waals surface area contributed by atoms with Crippen LogP contribution in [0.15, 0.2) is 12.3 Å². The van der Waals surface area contributed by atoms with Crippen LogP contribution in [0, 0.1) is 6.92 Å². The van der Waals surface area contributed by atoms with Crippen LogP contribution in [0.25, 0.3) is 0 Å². The summed E-state index contributed by atoms with van der Waals surface area (Å²) in [6.45, 7) is 3.92. The van der Waals surface area contributed by atoms with Crippen LogP contribution in [-0.4, -0.2) is 27.2 Å². The molecule has 2 atom stereocenters. The number of nitrogen functional groups attached to an aromatic ring is 1. The molecular weight excluding hydrogens is 210 g/mol. The first-order valence-corrected chi connectivity index (χ1v) is 6.50. The Morgan fingerprint density at radius 2 is 2.33 bits per heavy atom. The number of nitrogens with one attached hydrogen (secondary N) is 1. The minimum atomic E-state index is -0.794. The van der Waals surface area contributed by atoms with Crippen LogP contribution in [0.4, 0.5) is 11.5 Å². The molecule has 1 heterocycles. The van der Waals surface area contributed by atoms with Crippen molar-refractivity contribution in [2.75, 3.05) is 23.1 Å². The number of hydrogen-bond donors (Lipinski definition) is 2. The maximum absolute atomic E-state index is 11.0. The molecular formula is C10H17N3OS. The van der Waals surface area contributed by atoms with Crippen molar-refractivity contribution in [2.24, 2.45) is 0 Å². The molecule has 2 unspecified atom stereocenters. The standard InChI is InChI=1S/C10H17N3OS/c1-7-4-10(12-5-9(7)11)13-8(2)6-15(3)14/h4-5,8H,6,11H2,1-3H3,(H,12,13). The van der Waals surface area contributed by atoms with Crippen LogP contribution in [0.2, 0.25) is 0 Å². The van der Waals surface area contributed by atoms with Gasteiger partial charge in [0.1, 0.15) is 5.82 Å². The van der Waals surface area contributed by atoms with Crippen LogP contribution in [-0.2, 0) is 10.8 Å². The zero-order chi connectivity index (χ0) is 11.4. The van der Waals surface area contributed by atoms with Gasteiger partial charge in [-0.2, -0.15) is 0 Å². The second kappa shape index (κ2) is 5.11. The molecule has 0 radical (unpaired) electrons. The van der Waals surface area contributed by atoms with E-state index in [1.807, 2.05) is 19.9 Å². The molecule has 84 valence electrons. The predicted octanol–water partition coefficient (Wildman–Crippen LogP) is 1.15. The summed E-state index contributed by atoms with van der Waals surface area (Å²) in [6, 6.07) is 2.04. The zero-order valence-corrected chi connectivity index (χ0v) is 10.1. The molecule has 0 aromatic carbocycles. The van der Waals surface area contributed by atoms with E-state index in [0.717, 1.165) is 11.4 Å². The van der Waals surface area contributed by atoms with Crippen molar-refractivity contribution in [2.45, 2.75) is 19.9 Å². The van der Waals surface area contributed by atoms with Gasteiger partial charge in [0.05, 0.1) is 11.9 Å². The van der Waals surface area contributed by atoms with Gasteiger partial charge < -0.3 is 11.1 Å². The van der Waals surface area contributed by atoms with Gasteiger partial charge in [0.15, 0.2) is 0 Å². The average Bonchev–Trinajstić information content (AvgIpc) is 2.10. The SMILES string of the molecule is Cc1cc(NC(C)CS(C)=O)ncc1N. The molecule has 1 aromatic rings. The first-order chi connectivity index (χ1) is 6.99. The van der Waals surface area contributed by atoms with Crippen molar-refractivity contribution >= 4 is 22.3 Å². The molecule has 0 bridgehead atoms. The van der Waals surface area contributed by atoms with Crippen LogP contribution < -0.4 is 11.1 Å². The monoisotopic (exact) mass is 227 g/mol. The van der Waals surface area contributed by atoms with Crippen molar-refractivity contribution < 1.29 is 4.21 Å². The number of aromatic nitrogens is 1. The molecule has 1 rings (SSSR count). The Morgan fingerprint density at radius 1 is 1.67 bits per heavy atom. The smallest absolute Gasteiger partial charge is 0.126 e. The molecule has 0 aliphatic heterocycles. The van der Waals surface area contributed by atoms with Crippen LogP contribution in [0.3, 0.4) is 0 Å². The van der Waals surface area contributed by atoms with Gasteiger partial charge in [-0.1, -0.05) is 0 Å². The van der Waals surface area contributed by atoms with E-state index in [0.29, 0.717) is 11.4 Å². The minimum Gasteiger partial charge on any atom is -0.397 e. The Bertz CT molecular complexity index is 368. The molecule has 0 saturated carbocycles. The lowest BCUT2D eigenvalue weighted by Gasteiger charge is -2.13. The van der Waals surface area contributed by atoms with Crippen molar-refractivity contribution in [1.82, 2.24) is 4.98 Å². The average molecular weight is 227 g/mol. The topological polar surface area (TPSA) is 68.0 Å². The first-order valence-electron chi connectivity index (χ1n) is 4.77. The van der Waals surface area contributed by atoms with Crippen molar-refractivity contribution in [1.29, 1.82) is 0 Å². The fourth-order valence-electron chi connectivity index (χ4n) is 1.29. The predicted molar refractivity (Wildman–Crippen MR) is 65.4 cm³/mol. The Kier molecular flexibility index (Phi) is 4.08. The summed E-state index contributed by atoms with van der Waals surface area (Å²) < 4.78 is 11.0. The molecule has 1 aromatic heterocycles. The molecule has 0 aliphatic carbocycles. The van der Waals surface area contributed by atoms with E-state index < -0.39 is 10.8 Å². The first kappa shape index (κ1) is 12.0. The molecule has 0 fully saturated rings. The summed E-state index contributed by atoms with van der Waals surface area (Å²) in [7, 11) is -0.794. The third-order valence-corrected chi connectivity index (χ3v) is 3.00. The molecule has 4 nitrogen and oxygen atoms in total. The lowest BCUT2D eigenvalue weighted by Crippen LogP contribution is -2.22. The van der Waals surface area contributed by atoms with Crippen LogP contribution in [0.5, 0.6) is 0 Å². The normalized spacial score (nSPS) is 14.6. The molecule has 0 saturated heterocycles. The number of hydrogen-bond acceptors (Lipinski definition) is 4. The van der Waals surface area contributed by atoms with Gasteiger partial charge in [0, 0.05) is 28.9 Å². The van der Waals surface area contributed by atoms with E-state index in [4.69, 9.17) is 5.73 Å². The third kappa shape index (κ3) is 3.87. The number of pyridine rings is 1. The minimum absolute atomic E-state index is 0.145. The van der Waals surface area contributed by atoms with Gasteiger partial charge in [0.2, 0.25) is 0 Å². The molecule has 15 heavy (non-hydrogen) atoms. The summed E-state index contributed by atoms with van der Waals surface area (Å²) in [5, 5.41) is 3.18. The van der Waals surface area contributed by atoms with E-state index in [2.05, 4.69) is 10.3 Å². The molecule has 0 aliphatic rings. The van der Waals surface area contributed by atoms with Crippen molar-refractivity contribution in [3.63, 3.8) is 0 Å². The van der Waals surface area contributed by atoms with Gasteiger partial charge in [-0.3, -0.25) is 4.21 Å². The highest BCUT2D eigenvalue weighted by Crippen LogP contribution is 2.13. The van der Waals surface area contributed by atoms with E-state index in [1.165, 1.54) is 0 Å². The molecule has 0 amide bonds. The van der Waals surface area contributed by atoms with Gasteiger partial charge >= 0.3 is 0 Å². The summed E-state index contributed by atoms with van der Waals surface area (Å²) in [5.41, 5.74) is 7.35. The second-order valence-electron chi connectivity index (χ2n) is 3.71. The van der Waals surface area contributed by atoms with Gasteiger partial charge in [-0.25, -0.2) is 4.98 Å². The highest BCUT2D eigenvalue weighted by atomic mass is 32.2. The Morgan fingerprint density at radius 3 is 2.87 bits per heavy atom. The third-order valence-electron chi connectivity index (χ3n) is 2.03. The molecule has 5 heteroatoms. The second-order valence-corrected chi connectivity index (χ2v) is 5.19. The van der Waals surface area contributed by atoms with Gasteiger partial charge in [-0.05, 0) is 25.5 Å². The summed E-state index contributed by atoms with van der Waals surface area (Å²) in [6.07, 6.45) is 3.33. The zero-order valence-electron chi connectivity index (χ0n) is 9.28. The number of anilines is 2. The molecule has 0 spiro atoms. The fourth-order valence-corrected chi connectivity index (χ4v) is 2.08. The van der Waals surface area contributed by atoms with E-state index >= 15 is 0 Å². The maximum Gasteiger partial charge on any atom is 0.126 e. The summed E-state index contributed by atoms with van der Waals surface area (Å²) in [5.74, 6) is 1.39. The van der Waals surface area contributed by atoms with E-state index in [1.54, 1.807) is 12.5 Å². The quantitative estimate of drug-likeness (QED) is 0.809. The summed E-state index contributed by atoms with van der Waals surface area (Å²) >= 11 is 0. The van der Waals surface area contributed by atoms with Crippen LogP contribution in [0.1, 0.15) is 12.5 Å². The number of rotatable bonds is 4. The lowest BCUT2D eigenvalue weighted by molar-refractivity contribution is 0.683. The Balaban J connectivity index is 2.64. The van der Waals surface area contributed by atoms with Gasteiger partial charge in [-0.15, -0.1) is 0 Å². The van der Waals surface area contributed by atoms with E-state index in [9.17, 15) is 4.21 Å². The Hall–Kier alpha value is -1.10. The maximum atomic E-state index is 11.0. The summed E-state index contributed by atoms with van der Waals surface area (Å²) in [4.78, 5) is 4.15. The molecule has 3 N–H and O–H groups in total. The van der Waals surface area contributed by atoms with Crippen molar-refractivity contribution in [3.8, 4) is 0 Å². The fraction of sp³-hybridized carbons (Fsp3) is 0.500.